The third-order valence-electron chi connectivity index (χ3n) is 3.25. The summed E-state index contributed by atoms with van der Waals surface area (Å²) in [5, 5.41) is 1.22. The van der Waals surface area contributed by atoms with Gasteiger partial charge in [-0.25, -0.2) is 0 Å². The van der Waals surface area contributed by atoms with Crippen molar-refractivity contribution in [2.75, 3.05) is 16.8 Å². The van der Waals surface area contributed by atoms with Gasteiger partial charge in [0.1, 0.15) is 0 Å². The highest BCUT2D eigenvalue weighted by atomic mass is 79.9. The van der Waals surface area contributed by atoms with Crippen LogP contribution in [0.2, 0.25) is 0 Å². The van der Waals surface area contributed by atoms with Crippen LogP contribution >= 0.6 is 27.7 Å². The second-order valence-corrected chi connectivity index (χ2v) is 6.27. The summed E-state index contributed by atoms with van der Waals surface area (Å²) in [6, 6.07) is 0. The summed E-state index contributed by atoms with van der Waals surface area (Å²) in [5.74, 6) is 2.75. The molecular formula is C12H23BrS. The molecule has 0 aliphatic heterocycles. The fourth-order valence-electron chi connectivity index (χ4n) is 2.15. The molecule has 14 heavy (non-hydrogen) atoms. The van der Waals surface area contributed by atoms with Crippen LogP contribution in [0.3, 0.4) is 0 Å². The van der Waals surface area contributed by atoms with Crippen molar-refractivity contribution in [1.29, 1.82) is 0 Å². The van der Waals surface area contributed by atoms with E-state index < -0.39 is 0 Å². The maximum atomic E-state index is 3.72. The lowest BCUT2D eigenvalue weighted by atomic mass is 9.77. The van der Waals surface area contributed by atoms with Gasteiger partial charge in [0.25, 0.3) is 0 Å². The van der Waals surface area contributed by atoms with Crippen molar-refractivity contribution in [1.82, 2.24) is 0 Å². The fourth-order valence-corrected chi connectivity index (χ4v) is 4.64. The zero-order chi connectivity index (χ0) is 10.3. The highest BCUT2D eigenvalue weighted by Gasteiger charge is 2.30. The van der Waals surface area contributed by atoms with Crippen molar-refractivity contribution in [2.24, 2.45) is 5.41 Å². The fraction of sp³-hybridized carbons (Fsp3) is 1.00. The van der Waals surface area contributed by atoms with Crippen LogP contribution in [0, 0.1) is 5.41 Å². The van der Waals surface area contributed by atoms with Gasteiger partial charge in [-0.15, -0.1) is 0 Å². The summed E-state index contributed by atoms with van der Waals surface area (Å²) in [4.78, 5) is 0. The summed E-state index contributed by atoms with van der Waals surface area (Å²) in [7, 11) is 0. The summed E-state index contributed by atoms with van der Waals surface area (Å²) >= 11 is 5.90. The first-order valence-corrected chi connectivity index (χ1v) is 8.24. The molecular weight excluding hydrogens is 256 g/mol. The highest BCUT2D eigenvalue weighted by molar-refractivity contribution is 9.09. The molecule has 0 spiro atoms. The van der Waals surface area contributed by atoms with Gasteiger partial charge in [-0.3, -0.25) is 0 Å². The van der Waals surface area contributed by atoms with Crippen molar-refractivity contribution in [2.45, 2.75) is 51.9 Å². The van der Waals surface area contributed by atoms with Crippen LogP contribution in [0.4, 0.5) is 0 Å². The van der Waals surface area contributed by atoms with Gasteiger partial charge < -0.3 is 0 Å². The van der Waals surface area contributed by atoms with Crippen LogP contribution in [0.15, 0.2) is 0 Å². The molecule has 0 aromatic rings. The molecule has 0 nitrogen and oxygen atoms in total. The van der Waals surface area contributed by atoms with Crippen LogP contribution in [0.1, 0.15) is 51.9 Å². The Balaban J connectivity index is 2.22. The molecule has 84 valence electrons. The van der Waals surface area contributed by atoms with Gasteiger partial charge in [-0.1, -0.05) is 48.5 Å². The predicted octanol–water partition coefficient (Wildman–Crippen LogP) is 4.87. The van der Waals surface area contributed by atoms with E-state index in [9.17, 15) is 0 Å². The lowest BCUT2D eigenvalue weighted by Gasteiger charge is -2.35. The third-order valence-corrected chi connectivity index (χ3v) is 5.83. The molecule has 0 unspecified atom stereocenters. The van der Waals surface area contributed by atoms with Crippen molar-refractivity contribution >= 4 is 27.7 Å². The predicted molar refractivity (Wildman–Crippen MR) is 71.5 cm³/mol. The van der Waals surface area contributed by atoms with Gasteiger partial charge in [0.05, 0.1) is 0 Å². The standard InChI is InChI=1S/C12H23BrS/c1-2-3-9-14-11-12(10-13)7-5-4-6-8-12/h2-11H2,1H3. The van der Waals surface area contributed by atoms with E-state index in [2.05, 4.69) is 34.6 Å². The molecule has 0 aromatic carbocycles. The molecule has 0 aromatic heterocycles. The third kappa shape index (κ3) is 4.14. The monoisotopic (exact) mass is 278 g/mol. The van der Waals surface area contributed by atoms with E-state index in [4.69, 9.17) is 0 Å². The normalized spacial score (nSPS) is 21.0. The lowest BCUT2D eigenvalue weighted by Crippen LogP contribution is -2.28. The first kappa shape index (κ1) is 12.9. The zero-order valence-corrected chi connectivity index (χ0v) is 11.8. The number of thioether (sulfide) groups is 1. The molecule has 1 saturated carbocycles. The maximum absolute atomic E-state index is 3.72. The average molecular weight is 279 g/mol. The Labute approximate surface area is 102 Å². The van der Waals surface area contributed by atoms with E-state index in [1.54, 1.807) is 0 Å². The molecule has 0 radical (unpaired) electrons. The Bertz CT molecular complexity index is 141. The molecule has 1 rings (SSSR count). The number of alkyl halides is 1. The second-order valence-electron chi connectivity index (χ2n) is 4.60. The van der Waals surface area contributed by atoms with E-state index in [-0.39, 0.29) is 0 Å². The summed E-state index contributed by atoms with van der Waals surface area (Å²) in [6.45, 7) is 2.28. The molecule has 1 aliphatic rings. The first-order chi connectivity index (χ1) is 6.83. The van der Waals surface area contributed by atoms with E-state index in [1.807, 2.05) is 0 Å². The van der Waals surface area contributed by atoms with Crippen molar-refractivity contribution in [3.63, 3.8) is 0 Å². The first-order valence-electron chi connectivity index (χ1n) is 5.97. The molecule has 2 heteroatoms. The summed E-state index contributed by atoms with van der Waals surface area (Å²) in [5.41, 5.74) is 0.649. The minimum Gasteiger partial charge on any atom is -0.161 e. The van der Waals surface area contributed by atoms with Gasteiger partial charge in [-0.05, 0) is 36.2 Å². The van der Waals surface area contributed by atoms with E-state index in [0.29, 0.717) is 5.41 Å². The smallest absolute Gasteiger partial charge is 0.00958 e. The van der Waals surface area contributed by atoms with Gasteiger partial charge >= 0.3 is 0 Å². The number of rotatable bonds is 6. The zero-order valence-electron chi connectivity index (χ0n) is 9.36. The SMILES string of the molecule is CCCCSCC1(CBr)CCCCC1. The van der Waals surface area contributed by atoms with E-state index in [0.717, 1.165) is 0 Å². The number of halogens is 1. The Morgan fingerprint density at radius 2 is 1.93 bits per heavy atom. The largest absolute Gasteiger partial charge is 0.161 e. The summed E-state index contributed by atoms with van der Waals surface area (Å²) < 4.78 is 0. The van der Waals surface area contributed by atoms with Crippen LogP contribution in [-0.4, -0.2) is 16.8 Å². The Kier molecular flexibility index (Phi) is 6.60. The Morgan fingerprint density at radius 3 is 2.50 bits per heavy atom. The Morgan fingerprint density at radius 1 is 1.21 bits per heavy atom. The molecule has 1 fully saturated rings. The Hall–Kier alpha value is 0.830. The highest BCUT2D eigenvalue weighted by Crippen LogP contribution is 2.40. The topological polar surface area (TPSA) is 0 Å². The van der Waals surface area contributed by atoms with Crippen molar-refractivity contribution < 1.29 is 0 Å². The molecule has 0 amide bonds. The molecule has 0 saturated heterocycles. The molecule has 0 heterocycles. The maximum Gasteiger partial charge on any atom is 0.00958 e. The van der Waals surface area contributed by atoms with E-state index >= 15 is 0 Å². The van der Waals surface area contributed by atoms with E-state index in [1.165, 1.54) is 61.8 Å². The van der Waals surface area contributed by atoms with Gasteiger partial charge in [0, 0.05) is 5.33 Å². The van der Waals surface area contributed by atoms with Crippen LogP contribution in [0.25, 0.3) is 0 Å². The van der Waals surface area contributed by atoms with Crippen LogP contribution < -0.4 is 0 Å². The minimum absolute atomic E-state index is 0.649. The van der Waals surface area contributed by atoms with Gasteiger partial charge in [-0.2, -0.15) is 11.8 Å². The number of hydrogen-bond acceptors (Lipinski definition) is 1. The molecule has 1 aliphatic carbocycles. The molecule has 0 atom stereocenters. The average Bonchev–Trinajstić information content (AvgIpc) is 2.26. The van der Waals surface area contributed by atoms with Gasteiger partial charge in [0.15, 0.2) is 0 Å². The van der Waals surface area contributed by atoms with Crippen molar-refractivity contribution in [3.05, 3.63) is 0 Å². The van der Waals surface area contributed by atoms with Gasteiger partial charge in [0.2, 0.25) is 0 Å². The second kappa shape index (κ2) is 7.16. The van der Waals surface area contributed by atoms with Crippen LogP contribution in [-0.2, 0) is 0 Å². The lowest BCUT2D eigenvalue weighted by molar-refractivity contribution is 0.260. The summed E-state index contributed by atoms with van der Waals surface area (Å²) in [6.07, 6.45) is 10.0. The molecule has 0 N–H and O–H groups in total. The molecule has 0 bridgehead atoms. The quantitative estimate of drug-likeness (QED) is 0.494. The number of hydrogen-bond donors (Lipinski definition) is 0. The van der Waals surface area contributed by atoms with Crippen LogP contribution in [0.5, 0.6) is 0 Å². The number of unbranched alkanes of at least 4 members (excludes halogenated alkanes) is 1. The van der Waals surface area contributed by atoms with Crippen molar-refractivity contribution in [3.8, 4) is 0 Å². The minimum atomic E-state index is 0.649.